The summed E-state index contributed by atoms with van der Waals surface area (Å²) in [5, 5.41) is 4.39. The van der Waals surface area contributed by atoms with Crippen LogP contribution in [0.4, 0.5) is 10.1 Å². The largest absolute Gasteiger partial charge is 0.497 e. The Labute approximate surface area is 169 Å². The zero-order valence-corrected chi connectivity index (χ0v) is 16.8. The third-order valence-corrected chi connectivity index (χ3v) is 5.59. The standard InChI is InChI=1S/C23H24FN3O2/c1-15(17-4-5-17)26(19-10-12-21(29-3)13-11-19)23(28)22-14-25-27(16(22)2)20-8-6-18(24)7-9-20/h6-15,17H,4-5H2,1-3H3. The number of ether oxygens (including phenoxy) is 1. The van der Waals surface area contributed by atoms with E-state index in [4.69, 9.17) is 4.74 Å². The monoisotopic (exact) mass is 393 g/mol. The summed E-state index contributed by atoms with van der Waals surface area (Å²) in [4.78, 5) is 15.4. The van der Waals surface area contributed by atoms with E-state index in [1.165, 1.54) is 12.1 Å². The van der Waals surface area contributed by atoms with E-state index in [2.05, 4.69) is 12.0 Å². The molecule has 5 nitrogen and oxygen atoms in total. The summed E-state index contributed by atoms with van der Waals surface area (Å²) >= 11 is 0. The Kier molecular flexibility index (Phi) is 5.09. The molecule has 3 aromatic rings. The van der Waals surface area contributed by atoms with E-state index in [0.717, 1.165) is 30.0 Å². The van der Waals surface area contributed by atoms with E-state index >= 15 is 0 Å². The van der Waals surface area contributed by atoms with Gasteiger partial charge in [0.2, 0.25) is 0 Å². The number of nitrogens with zero attached hydrogens (tertiary/aromatic N) is 3. The lowest BCUT2D eigenvalue weighted by atomic mass is 10.1. The number of hydrogen-bond acceptors (Lipinski definition) is 3. The van der Waals surface area contributed by atoms with Crippen LogP contribution in [0.3, 0.4) is 0 Å². The smallest absolute Gasteiger partial charge is 0.262 e. The molecule has 6 heteroatoms. The van der Waals surface area contributed by atoms with Gasteiger partial charge >= 0.3 is 0 Å². The number of benzene rings is 2. The molecule has 29 heavy (non-hydrogen) atoms. The van der Waals surface area contributed by atoms with Crippen LogP contribution in [0.1, 0.15) is 35.8 Å². The Balaban J connectivity index is 1.69. The minimum Gasteiger partial charge on any atom is -0.497 e. The van der Waals surface area contributed by atoms with Gasteiger partial charge in [0.15, 0.2) is 0 Å². The van der Waals surface area contributed by atoms with Crippen LogP contribution < -0.4 is 9.64 Å². The Morgan fingerprint density at radius 1 is 1.17 bits per heavy atom. The highest BCUT2D eigenvalue weighted by molar-refractivity contribution is 6.07. The van der Waals surface area contributed by atoms with E-state index in [1.54, 1.807) is 30.1 Å². The molecule has 1 fully saturated rings. The molecule has 0 aliphatic heterocycles. The van der Waals surface area contributed by atoms with Crippen molar-refractivity contribution in [3.63, 3.8) is 0 Å². The van der Waals surface area contributed by atoms with Crippen molar-refractivity contribution in [2.24, 2.45) is 5.92 Å². The molecule has 1 heterocycles. The maximum Gasteiger partial charge on any atom is 0.262 e. The van der Waals surface area contributed by atoms with Crippen LogP contribution in [0.2, 0.25) is 0 Å². The summed E-state index contributed by atoms with van der Waals surface area (Å²) in [6.07, 6.45) is 3.86. The second-order valence-corrected chi connectivity index (χ2v) is 7.48. The van der Waals surface area contributed by atoms with Crippen molar-refractivity contribution in [2.45, 2.75) is 32.7 Å². The first-order valence-corrected chi connectivity index (χ1v) is 9.77. The number of aromatic nitrogens is 2. The van der Waals surface area contributed by atoms with Gasteiger partial charge in [-0.05, 0) is 81.1 Å². The first kappa shape index (κ1) is 19.2. The highest BCUT2D eigenvalue weighted by Crippen LogP contribution is 2.38. The zero-order valence-electron chi connectivity index (χ0n) is 16.8. The Morgan fingerprint density at radius 2 is 1.83 bits per heavy atom. The van der Waals surface area contributed by atoms with E-state index in [0.29, 0.717) is 17.2 Å². The Hall–Kier alpha value is -3.15. The molecule has 2 aromatic carbocycles. The maximum atomic E-state index is 13.6. The molecule has 0 bridgehead atoms. The number of hydrogen-bond donors (Lipinski definition) is 0. The van der Waals surface area contributed by atoms with Gasteiger partial charge in [-0.1, -0.05) is 0 Å². The van der Waals surface area contributed by atoms with Crippen molar-refractivity contribution in [3.8, 4) is 11.4 Å². The Bertz CT molecular complexity index is 1010. The summed E-state index contributed by atoms with van der Waals surface area (Å²) < 4.78 is 20.2. The van der Waals surface area contributed by atoms with E-state index in [-0.39, 0.29) is 17.8 Å². The molecule has 0 saturated heterocycles. The molecule has 0 radical (unpaired) electrons. The van der Waals surface area contributed by atoms with Crippen molar-refractivity contribution >= 4 is 11.6 Å². The zero-order chi connectivity index (χ0) is 20.5. The molecule has 1 amide bonds. The second-order valence-electron chi connectivity index (χ2n) is 7.48. The maximum absolute atomic E-state index is 13.6. The van der Waals surface area contributed by atoms with Crippen molar-refractivity contribution < 1.29 is 13.9 Å². The van der Waals surface area contributed by atoms with Crippen LogP contribution >= 0.6 is 0 Å². The lowest BCUT2D eigenvalue weighted by Crippen LogP contribution is -2.40. The van der Waals surface area contributed by atoms with E-state index in [9.17, 15) is 9.18 Å². The molecule has 150 valence electrons. The van der Waals surface area contributed by atoms with Gasteiger partial charge in [0, 0.05) is 11.7 Å². The SMILES string of the molecule is COc1ccc(N(C(=O)c2cnn(-c3ccc(F)cc3)c2C)C(C)C2CC2)cc1. The number of rotatable bonds is 6. The molecular formula is C23H24FN3O2. The molecule has 1 aliphatic rings. The van der Waals surface area contributed by atoms with E-state index < -0.39 is 0 Å². The molecular weight excluding hydrogens is 369 g/mol. The highest BCUT2D eigenvalue weighted by Gasteiger charge is 2.36. The number of anilines is 1. The van der Waals surface area contributed by atoms with Crippen molar-refractivity contribution in [1.82, 2.24) is 9.78 Å². The van der Waals surface area contributed by atoms with Crippen LogP contribution in [0, 0.1) is 18.7 Å². The molecule has 1 unspecified atom stereocenters. The third kappa shape index (κ3) is 3.75. The van der Waals surface area contributed by atoms with Gasteiger partial charge in [0.1, 0.15) is 11.6 Å². The molecule has 0 N–H and O–H groups in total. The summed E-state index contributed by atoms with van der Waals surface area (Å²) in [6.45, 7) is 3.96. The number of methoxy groups -OCH3 is 1. The predicted octanol–water partition coefficient (Wildman–Crippen LogP) is 4.77. The summed E-state index contributed by atoms with van der Waals surface area (Å²) in [5.41, 5.74) is 2.82. The lowest BCUT2D eigenvalue weighted by molar-refractivity contribution is 0.0975. The van der Waals surface area contributed by atoms with Crippen molar-refractivity contribution in [3.05, 3.63) is 71.8 Å². The van der Waals surface area contributed by atoms with Gasteiger partial charge in [-0.2, -0.15) is 5.10 Å². The topological polar surface area (TPSA) is 47.4 Å². The average molecular weight is 393 g/mol. The van der Waals surface area contributed by atoms with Crippen molar-refractivity contribution in [2.75, 3.05) is 12.0 Å². The average Bonchev–Trinajstić information content (AvgIpc) is 3.52. The van der Waals surface area contributed by atoms with Gasteiger partial charge in [-0.25, -0.2) is 9.07 Å². The quantitative estimate of drug-likeness (QED) is 0.606. The highest BCUT2D eigenvalue weighted by atomic mass is 19.1. The van der Waals surface area contributed by atoms with Gasteiger partial charge in [0.25, 0.3) is 5.91 Å². The second kappa shape index (κ2) is 7.70. The van der Waals surface area contributed by atoms with Gasteiger partial charge in [-0.15, -0.1) is 0 Å². The molecule has 1 saturated carbocycles. The molecule has 0 spiro atoms. The minimum atomic E-state index is -0.307. The fourth-order valence-corrected chi connectivity index (χ4v) is 3.66. The van der Waals surface area contributed by atoms with Crippen molar-refractivity contribution in [1.29, 1.82) is 0 Å². The van der Waals surface area contributed by atoms with Gasteiger partial charge < -0.3 is 9.64 Å². The predicted molar refractivity (Wildman–Crippen MR) is 110 cm³/mol. The normalized spacial score (nSPS) is 14.5. The van der Waals surface area contributed by atoms with Crippen LogP contribution in [-0.4, -0.2) is 28.8 Å². The molecule has 1 aliphatic carbocycles. The third-order valence-electron chi connectivity index (χ3n) is 5.59. The minimum absolute atomic E-state index is 0.0829. The van der Waals surface area contributed by atoms with Crippen LogP contribution in [0.15, 0.2) is 54.7 Å². The molecule has 1 atom stereocenters. The molecule has 4 rings (SSSR count). The van der Waals surface area contributed by atoms with Gasteiger partial charge in [-0.3, -0.25) is 4.79 Å². The number of amides is 1. The number of carbonyl (C=O) groups is 1. The summed E-state index contributed by atoms with van der Waals surface area (Å²) in [7, 11) is 1.62. The van der Waals surface area contributed by atoms with E-state index in [1.807, 2.05) is 36.1 Å². The molecule has 1 aromatic heterocycles. The lowest BCUT2D eigenvalue weighted by Gasteiger charge is -2.29. The van der Waals surface area contributed by atoms with Crippen LogP contribution in [0.5, 0.6) is 5.75 Å². The summed E-state index contributed by atoms with van der Waals surface area (Å²) in [6, 6.07) is 13.7. The first-order valence-electron chi connectivity index (χ1n) is 9.77. The first-order chi connectivity index (χ1) is 14.0. The fourth-order valence-electron chi connectivity index (χ4n) is 3.66. The Morgan fingerprint density at radius 3 is 2.41 bits per heavy atom. The number of carbonyl (C=O) groups excluding carboxylic acids is 1. The summed E-state index contributed by atoms with van der Waals surface area (Å²) in [5.74, 6) is 0.869. The van der Waals surface area contributed by atoms with Crippen LogP contribution in [0.25, 0.3) is 5.69 Å². The van der Waals surface area contributed by atoms with Gasteiger partial charge in [0.05, 0.1) is 30.3 Å². The fraction of sp³-hybridized carbons (Fsp3) is 0.304. The van der Waals surface area contributed by atoms with Crippen LogP contribution in [-0.2, 0) is 0 Å². The number of halogens is 1.